The molecule has 4 nitrogen and oxygen atoms in total. The van der Waals surface area contributed by atoms with Crippen LogP contribution in [-0.4, -0.2) is 24.5 Å². The van der Waals surface area contributed by atoms with Crippen LogP contribution in [0.15, 0.2) is 0 Å². The molecule has 2 saturated carbocycles. The predicted molar refractivity (Wildman–Crippen MR) is 54.5 cm³/mol. The molecule has 0 aromatic carbocycles. The third-order valence-electron chi connectivity index (χ3n) is 3.40. The Balaban J connectivity index is 2.08. The molecule has 2 rings (SSSR count). The maximum absolute atomic E-state index is 12.1. The van der Waals surface area contributed by atoms with Gasteiger partial charge in [-0.2, -0.15) is 0 Å². The molecule has 2 aliphatic carbocycles. The van der Waals surface area contributed by atoms with E-state index >= 15 is 0 Å². The molecule has 0 radical (unpaired) electrons. The van der Waals surface area contributed by atoms with Gasteiger partial charge in [-0.05, 0) is 25.7 Å². The van der Waals surface area contributed by atoms with E-state index in [0.29, 0.717) is 0 Å². The van der Waals surface area contributed by atoms with Gasteiger partial charge in [0.15, 0.2) is 5.78 Å². The summed E-state index contributed by atoms with van der Waals surface area (Å²) < 4.78 is 4.59. The lowest BCUT2D eigenvalue weighted by molar-refractivity contribution is -0.126. The van der Waals surface area contributed by atoms with E-state index in [4.69, 9.17) is 0 Å². The van der Waals surface area contributed by atoms with Crippen molar-refractivity contribution in [1.82, 2.24) is 5.32 Å². The Kier molecular flexibility index (Phi) is 2.67. The first-order chi connectivity index (χ1) is 7.18. The van der Waals surface area contributed by atoms with Crippen LogP contribution in [0.5, 0.6) is 0 Å². The molecule has 1 N–H and O–H groups in total. The number of hydrogen-bond acceptors (Lipinski definition) is 3. The average molecular weight is 211 g/mol. The van der Waals surface area contributed by atoms with Gasteiger partial charge < -0.3 is 10.1 Å². The number of hydrogen-bond donors (Lipinski definition) is 1. The number of carbonyl (C=O) groups is 2. The van der Waals surface area contributed by atoms with Gasteiger partial charge in [-0.3, -0.25) is 4.79 Å². The van der Waals surface area contributed by atoms with Crippen LogP contribution in [0.25, 0.3) is 0 Å². The van der Waals surface area contributed by atoms with Crippen molar-refractivity contribution >= 4 is 11.9 Å². The monoisotopic (exact) mass is 211 g/mol. The number of nitrogens with one attached hydrogen (secondary N) is 1. The minimum absolute atomic E-state index is 0.195. The zero-order valence-electron chi connectivity index (χ0n) is 9.04. The Morgan fingerprint density at radius 2 is 1.87 bits per heavy atom. The number of amides is 1. The van der Waals surface area contributed by atoms with Crippen LogP contribution >= 0.6 is 0 Å². The molecule has 0 spiro atoms. The van der Waals surface area contributed by atoms with Gasteiger partial charge in [-0.25, -0.2) is 4.79 Å². The predicted octanol–water partition coefficient (Wildman–Crippen LogP) is 1.63. The number of methoxy groups -OCH3 is 1. The quantitative estimate of drug-likeness (QED) is 0.772. The second-order valence-corrected chi connectivity index (χ2v) is 4.54. The molecule has 0 bridgehead atoms. The van der Waals surface area contributed by atoms with Gasteiger partial charge in [0.1, 0.15) is 5.54 Å². The van der Waals surface area contributed by atoms with Crippen LogP contribution in [0, 0.1) is 5.92 Å². The van der Waals surface area contributed by atoms with E-state index < -0.39 is 11.6 Å². The number of rotatable bonds is 3. The second-order valence-electron chi connectivity index (χ2n) is 4.54. The highest BCUT2D eigenvalue weighted by Gasteiger charge is 2.48. The summed E-state index contributed by atoms with van der Waals surface area (Å²) in [5, 5.41) is 2.75. The van der Waals surface area contributed by atoms with E-state index in [1.165, 1.54) is 7.11 Å². The van der Waals surface area contributed by atoms with Crippen LogP contribution in [0.2, 0.25) is 0 Å². The second kappa shape index (κ2) is 3.83. The van der Waals surface area contributed by atoms with E-state index in [1.54, 1.807) is 0 Å². The van der Waals surface area contributed by atoms with Gasteiger partial charge in [0.05, 0.1) is 7.11 Å². The summed E-state index contributed by atoms with van der Waals surface area (Å²) in [4.78, 5) is 23.3. The summed E-state index contributed by atoms with van der Waals surface area (Å²) in [6, 6.07) is 0. The molecule has 0 aromatic heterocycles. The Hall–Kier alpha value is -1.06. The van der Waals surface area contributed by atoms with Gasteiger partial charge >= 0.3 is 6.09 Å². The van der Waals surface area contributed by atoms with Crippen LogP contribution in [0.1, 0.15) is 38.5 Å². The zero-order valence-corrected chi connectivity index (χ0v) is 9.04. The SMILES string of the molecule is COC(=O)NC1(C(=O)C2CC2)CCCC1. The van der Waals surface area contributed by atoms with Crippen LogP contribution < -0.4 is 5.32 Å². The van der Waals surface area contributed by atoms with Crippen molar-refractivity contribution in [1.29, 1.82) is 0 Å². The van der Waals surface area contributed by atoms with Gasteiger partial charge in [0, 0.05) is 5.92 Å². The first kappa shape index (κ1) is 10.5. The lowest BCUT2D eigenvalue weighted by Gasteiger charge is -2.28. The minimum Gasteiger partial charge on any atom is -0.453 e. The maximum atomic E-state index is 12.1. The molecule has 15 heavy (non-hydrogen) atoms. The highest BCUT2D eigenvalue weighted by molar-refractivity contribution is 5.95. The molecule has 0 aromatic rings. The third-order valence-corrected chi connectivity index (χ3v) is 3.40. The number of ketones is 1. The number of ether oxygens (including phenoxy) is 1. The molecule has 0 aliphatic heterocycles. The van der Waals surface area contributed by atoms with E-state index in [1.807, 2.05) is 0 Å². The third kappa shape index (κ3) is 1.98. The molecular formula is C11H17NO3. The Bertz CT molecular complexity index is 278. The van der Waals surface area contributed by atoms with Crippen LogP contribution in [0.4, 0.5) is 4.79 Å². The fourth-order valence-corrected chi connectivity index (χ4v) is 2.39. The summed E-state index contributed by atoms with van der Waals surface area (Å²) in [6.07, 6.45) is 5.08. The van der Waals surface area contributed by atoms with Crippen LogP contribution in [-0.2, 0) is 9.53 Å². The maximum Gasteiger partial charge on any atom is 0.407 e. The standard InChI is InChI=1S/C11H17NO3/c1-15-10(14)12-11(6-2-3-7-11)9(13)8-4-5-8/h8H,2-7H2,1H3,(H,12,14). The smallest absolute Gasteiger partial charge is 0.407 e. The Morgan fingerprint density at radius 3 is 2.33 bits per heavy atom. The Labute approximate surface area is 89.4 Å². The Morgan fingerprint density at radius 1 is 1.27 bits per heavy atom. The highest BCUT2D eigenvalue weighted by atomic mass is 16.5. The molecule has 0 saturated heterocycles. The van der Waals surface area contributed by atoms with Crippen molar-refractivity contribution in [3.63, 3.8) is 0 Å². The summed E-state index contributed by atoms with van der Waals surface area (Å²) in [5.74, 6) is 0.422. The van der Waals surface area contributed by atoms with Crippen molar-refractivity contribution in [3.05, 3.63) is 0 Å². The van der Waals surface area contributed by atoms with Crippen molar-refractivity contribution in [2.45, 2.75) is 44.1 Å². The van der Waals surface area contributed by atoms with E-state index in [-0.39, 0.29) is 11.7 Å². The van der Waals surface area contributed by atoms with E-state index in [9.17, 15) is 9.59 Å². The van der Waals surface area contributed by atoms with Crippen molar-refractivity contribution < 1.29 is 14.3 Å². The van der Waals surface area contributed by atoms with Gasteiger partial charge in [-0.15, -0.1) is 0 Å². The lowest BCUT2D eigenvalue weighted by atomic mass is 9.89. The molecule has 0 heterocycles. The van der Waals surface area contributed by atoms with Crippen molar-refractivity contribution in [2.75, 3.05) is 7.11 Å². The lowest BCUT2D eigenvalue weighted by Crippen LogP contribution is -2.53. The summed E-state index contributed by atoms with van der Waals surface area (Å²) in [5.41, 5.74) is -0.603. The zero-order chi connectivity index (χ0) is 10.9. The highest BCUT2D eigenvalue weighted by Crippen LogP contribution is 2.40. The normalized spacial score (nSPS) is 23.5. The summed E-state index contributed by atoms with van der Waals surface area (Å²) >= 11 is 0. The molecule has 84 valence electrons. The molecular weight excluding hydrogens is 194 g/mol. The fraction of sp³-hybridized carbons (Fsp3) is 0.818. The number of alkyl carbamates (subject to hydrolysis) is 1. The summed E-state index contributed by atoms with van der Waals surface area (Å²) in [7, 11) is 1.33. The topological polar surface area (TPSA) is 55.4 Å². The molecule has 1 amide bonds. The van der Waals surface area contributed by atoms with Crippen molar-refractivity contribution in [3.8, 4) is 0 Å². The number of Topliss-reactive ketones (excluding diaryl/α,β-unsaturated/α-hetero) is 1. The first-order valence-electron chi connectivity index (χ1n) is 5.58. The van der Waals surface area contributed by atoms with E-state index in [2.05, 4.69) is 10.1 Å². The van der Waals surface area contributed by atoms with E-state index in [0.717, 1.165) is 38.5 Å². The molecule has 2 aliphatic rings. The average Bonchev–Trinajstić information content (AvgIpc) is 2.98. The minimum atomic E-state index is -0.603. The van der Waals surface area contributed by atoms with Crippen molar-refractivity contribution in [2.24, 2.45) is 5.92 Å². The van der Waals surface area contributed by atoms with Gasteiger partial charge in [-0.1, -0.05) is 12.8 Å². The van der Waals surface area contributed by atoms with Gasteiger partial charge in [0.25, 0.3) is 0 Å². The van der Waals surface area contributed by atoms with Gasteiger partial charge in [0.2, 0.25) is 0 Å². The first-order valence-corrected chi connectivity index (χ1v) is 5.58. The molecule has 2 fully saturated rings. The molecule has 0 unspecified atom stereocenters. The molecule has 0 atom stereocenters. The largest absolute Gasteiger partial charge is 0.453 e. The fourth-order valence-electron chi connectivity index (χ4n) is 2.39. The van der Waals surface area contributed by atoms with Crippen LogP contribution in [0.3, 0.4) is 0 Å². The molecule has 4 heteroatoms. The number of carbonyl (C=O) groups excluding carboxylic acids is 2. The summed E-state index contributed by atoms with van der Waals surface area (Å²) in [6.45, 7) is 0.